The largest absolute Gasteiger partial charge is 0.309 e. The monoisotopic (exact) mass is 169 g/mol. The molecule has 0 amide bonds. The molecule has 1 saturated carbocycles. The zero-order chi connectivity index (χ0) is 8.97. The molecular weight excluding hydrogens is 146 g/mol. The molecule has 0 atom stereocenters. The Morgan fingerprint density at radius 2 is 1.50 bits per heavy atom. The van der Waals surface area contributed by atoms with Gasteiger partial charge in [0.25, 0.3) is 0 Å². The first-order valence-electron chi connectivity index (χ1n) is 5.37. The first-order chi connectivity index (χ1) is 5.72. The summed E-state index contributed by atoms with van der Waals surface area (Å²) in [6.45, 7) is 3.63. The molecule has 0 radical (unpaired) electrons. The molecule has 0 saturated heterocycles. The van der Waals surface area contributed by atoms with Gasteiger partial charge in [0.05, 0.1) is 0 Å². The van der Waals surface area contributed by atoms with Crippen LogP contribution in [0, 0.1) is 11.8 Å². The van der Waals surface area contributed by atoms with Crippen LogP contribution in [0.25, 0.3) is 0 Å². The van der Waals surface area contributed by atoms with Gasteiger partial charge in [0.15, 0.2) is 0 Å². The van der Waals surface area contributed by atoms with E-state index in [-0.39, 0.29) is 0 Å². The van der Waals surface area contributed by atoms with Gasteiger partial charge >= 0.3 is 0 Å². The normalized spacial score (nSPS) is 31.0. The van der Waals surface area contributed by atoms with E-state index in [1.165, 1.54) is 38.6 Å². The standard InChI is InChI=1S/C11H23N/c1-4-10-5-7-11(8-6-10)9-12(2)3/h10-11H,4-9H2,1-3H3/t10-,11-. The lowest BCUT2D eigenvalue weighted by Gasteiger charge is -2.29. The molecule has 12 heavy (non-hydrogen) atoms. The Balaban J connectivity index is 2.17. The van der Waals surface area contributed by atoms with Crippen LogP contribution in [0.3, 0.4) is 0 Å². The van der Waals surface area contributed by atoms with Gasteiger partial charge in [-0.15, -0.1) is 0 Å². The smallest absolute Gasteiger partial charge is 0.000356 e. The summed E-state index contributed by atoms with van der Waals surface area (Å²) in [6.07, 6.45) is 7.30. The van der Waals surface area contributed by atoms with Crippen molar-refractivity contribution in [2.75, 3.05) is 20.6 Å². The van der Waals surface area contributed by atoms with Crippen molar-refractivity contribution in [1.29, 1.82) is 0 Å². The van der Waals surface area contributed by atoms with Gasteiger partial charge in [-0.3, -0.25) is 0 Å². The lowest BCUT2D eigenvalue weighted by atomic mass is 9.81. The van der Waals surface area contributed by atoms with Crippen molar-refractivity contribution in [2.24, 2.45) is 11.8 Å². The van der Waals surface area contributed by atoms with Crippen molar-refractivity contribution in [2.45, 2.75) is 39.0 Å². The van der Waals surface area contributed by atoms with Crippen LogP contribution >= 0.6 is 0 Å². The fraction of sp³-hybridized carbons (Fsp3) is 1.00. The summed E-state index contributed by atoms with van der Waals surface area (Å²) in [7, 11) is 4.37. The van der Waals surface area contributed by atoms with Gasteiger partial charge in [0, 0.05) is 6.54 Å². The van der Waals surface area contributed by atoms with E-state index in [1.807, 2.05) is 0 Å². The van der Waals surface area contributed by atoms with Gasteiger partial charge in [-0.2, -0.15) is 0 Å². The van der Waals surface area contributed by atoms with Crippen LogP contribution in [-0.2, 0) is 0 Å². The molecule has 1 heteroatoms. The van der Waals surface area contributed by atoms with Crippen LogP contribution in [0.2, 0.25) is 0 Å². The Morgan fingerprint density at radius 3 is 1.92 bits per heavy atom. The molecule has 0 unspecified atom stereocenters. The summed E-state index contributed by atoms with van der Waals surface area (Å²) in [5, 5.41) is 0. The lowest BCUT2D eigenvalue weighted by Crippen LogP contribution is -2.25. The molecule has 0 aromatic rings. The van der Waals surface area contributed by atoms with Crippen molar-refractivity contribution >= 4 is 0 Å². The van der Waals surface area contributed by atoms with Crippen molar-refractivity contribution in [3.8, 4) is 0 Å². The van der Waals surface area contributed by atoms with E-state index < -0.39 is 0 Å². The van der Waals surface area contributed by atoms with E-state index in [2.05, 4.69) is 25.9 Å². The molecule has 1 aliphatic rings. The van der Waals surface area contributed by atoms with Gasteiger partial charge in [-0.25, -0.2) is 0 Å². The highest BCUT2D eigenvalue weighted by atomic mass is 15.1. The highest BCUT2D eigenvalue weighted by Gasteiger charge is 2.19. The SMILES string of the molecule is CC[C@H]1CC[C@H](CN(C)C)CC1. The molecule has 1 rings (SSSR count). The maximum atomic E-state index is 2.33. The van der Waals surface area contributed by atoms with E-state index >= 15 is 0 Å². The lowest BCUT2D eigenvalue weighted by molar-refractivity contribution is 0.220. The zero-order valence-corrected chi connectivity index (χ0v) is 8.84. The highest BCUT2D eigenvalue weighted by molar-refractivity contribution is 4.72. The van der Waals surface area contributed by atoms with Crippen LogP contribution in [0.15, 0.2) is 0 Å². The molecule has 0 aliphatic heterocycles. The van der Waals surface area contributed by atoms with E-state index in [4.69, 9.17) is 0 Å². The summed E-state index contributed by atoms with van der Waals surface area (Å²) in [5.41, 5.74) is 0. The average molecular weight is 169 g/mol. The molecule has 0 aromatic heterocycles. The molecule has 0 N–H and O–H groups in total. The van der Waals surface area contributed by atoms with Crippen molar-refractivity contribution in [3.63, 3.8) is 0 Å². The molecule has 0 heterocycles. The van der Waals surface area contributed by atoms with E-state index in [1.54, 1.807) is 0 Å². The van der Waals surface area contributed by atoms with Crippen LogP contribution in [0.5, 0.6) is 0 Å². The molecule has 0 spiro atoms. The van der Waals surface area contributed by atoms with Gasteiger partial charge < -0.3 is 4.90 Å². The van der Waals surface area contributed by atoms with E-state index in [9.17, 15) is 0 Å². The zero-order valence-electron chi connectivity index (χ0n) is 8.84. The molecule has 0 aromatic carbocycles. The highest BCUT2D eigenvalue weighted by Crippen LogP contribution is 2.30. The summed E-state index contributed by atoms with van der Waals surface area (Å²) >= 11 is 0. The Kier molecular flexibility index (Phi) is 4.07. The number of rotatable bonds is 3. The number of nitrogens with zero attached hydrogens (tertiary/aromatic N) is 1. The van der Waals surface area contributed by atoms with Crippen LogP contribution < -0.4 is 0 Å². The Labute approximate surface area is 77.1 Å². The summed E-state index contributed by atoms with van der Waals surface area (Å²) < 4.78 is 0. The molecule has 1 nitrogen and oxygen atoms in total. The molecule has 1 fully saturated rings. The van der Waals surface area contributed by atoms with Crippen LogP contribution in [-0.4, -0.2) is 25.5 Å². The summed E-state index contributed by atoms with van der Waals surface area (Å²) in [4.78, 5) is 2.33. The predicted octanol–water partition coefficient (Wildman–Crippen LogP) is 2.76. The molecule has 72 valence electrons. The Bertz CT molecular complexity index is 112. The first kappa shape index (κ1) is 10.0. The minimum absolute atomic E-state index is 0.989. The quantitative estimate of drug-likeness (QED) is 0.628. The van der Waals surface area contributed by atoms with Gasteiger partial charge in [-0.05, 0) is 38.8 Å². The maximum Gasteiger partial charge on any atom is 0.000356 e. The second kappa shape index (κ2) is 4.86. The van der Waals surface area contributed by atoms with Gasteiger partial charge in [-0.1, -0.05) is 26.2 Å². The van der Waals surface area contributed by atoms with E-state index in [0.29, 0.717) is 0 Å². The van der Waals surface area contributed by atoms with Crippen molar-refractivity contribution in [1.82, 2.24) is 4.90 Å². The minimum Gasteiger partial charge on any atom is -0.309 e. The minimum atomic E-state index is 0.989. The van der Waals surface area contributed by atoms with Crippen LogP contribution in [0.4, 0.5) is 0 Å². The van der Waals surface area contributed by atoms with Crippen LogP contribution in [0.1, 0.15) is 39.0 Å². The van der Waals surface area contributed by atoms with Gasteiger partial charge in [0.2, 0.25) is 0 Å². The first-order valence-corrected chi connectivity index (χ1v) is 5.37. The maximum absolute atomic E-state index is 2.33. The van der Waals surface area contributed by atoms with Crippen molar-refractivity contribution in [3.05, 3.63) is 0 Å². The number of hydrogen-bond donors (Lipinski definition) is 0. The summed E-state index contributed by atoms with van der Waals surface area (Å²) in [6, 6.07) is 0. The topological polar surface area (TPSA) is 3.24 Å². The second-order valence-electron chi connectivity index (χ2n) is 4.56. The third-order valence-electron chi connectivity index (χ3n) is 3.17. The average Bonchev–Trinajstić information content (AvgIpc) is 2.05. The Hall–Kier alpha value is -0.0400. The molecular formula is C11H23N. The Morgan fingerprint density at radius 1 is 1.00 bits per heavy atom. The third-order valence-corrected chi connectivity index (χ3v) is 3.17. The fourth-order valence-electron chi connectivity index (χ4n) is 2.34. The predicted molar refractivity (Wildman–Crippen MR) is 54.3 cm³/mol. The third kappa shape index (κ3) is 3.14. The van der Waals surface area contributed by atoms with Crippen molar-refractivity contribution < 1.29 is 0 Å². The van der Waals surface area contributed by atoms with Gasteiger partial charge in [0.1, 0.15) is 0 Å². The second-order valence-corrected chi connectivity index (χ2v) is 4.56. The molecule has 1 aliphatic carbocycles. The fourth-order valence-corrected chi connectivity index (χ4v) is 2.34. The summed E-state index contributed by atoms with van der Waals surface area (Å²) in [5.74, 6) is 2.03. The molecule has 0 bridgehead atoms. The number of hydrogen-bond acceptors (Lipinski definition) is 1. The van der Waals surface area contributed by atoms with E-state index in [0.717, 1.165) is 11.8 Å².